The molecule has 0 heterocycles. The van der Waals surface area contributed by atoms with Crippen molar-refractivity contribution in [1.82, 2.24) is 0 Å². The van der Waals surface area contributed by atoms with E-state index in [1.807, 2.05) is 12.1 Å². The van der Waals surface area contributed by atoms with Crippen molar-refractivity contribution in [2.45, 2.75) is 19.0 Å². The van der Waals surface area contributed by atoms with Crippen LogP contribution in [0.1, 0.15) is 12.0 Å². The van der Waals surface area contributed by atoms with E-state index in [1.54, 1.807) is 17.4 Å². The second-order valence-corrected chi connectivity index (χ2v) is 5.58. The monoisotopic (exact) mass is 370 g/mol. The summed E-state index contributed by atoms with van der Waals surface area (Å²) in [7, 11) is 0. The first-order chi connectivity index (χ1) is 11.8. The third-order valence-corrected chi connectivity index (χ3v) is 3.63. The molecule has 0 saturated heterocycles. The minimum atomic E-state index is -4.95. The molecule has 0 aliphatic carbocycles. The number of carbonyl (C=O) groups excluding carboxylic acids is 2. The Balaban J connectivity index is 1.87. The predicted octanol–water partition coefficient (Wildman–Crippen LogP) is 4.41. The quantitative estimate of drug-likeness (QED) is 0.819. The molecule has 0 spiro atoms. The van der Waals surface area contributed by atoms with Crippen molar-refractivity contribution in [3.05, 3.63) is 59.1 Å². The molecule has 0 unspecified atom stereocenters. The van der Waals surface area contributed by atoms with Gasteiger partial charge in [-0.15, -0.1) is 0 Å². The first kappa shape index (κ1) is 18.8. The Morgan fingerprint density at radius 3 is 2.04 bits per heavy atom. The Bertz CT molecular complexity index is 761. The third-order valence-electron chi connectivity index (χ3n) is 3.26. The molecule has 132 valence electrons. The Hall–Kier alpha value is -2.54. The minimum Gasteiger partial charge on any atom is -0.326 e. The van der Waals surface area contributed by atoms with E-state index in [9.17, 15) is 22.8 Å². The van der Waals surface area contributed by atoms with Gasteiger partial charge in [0.1, 0.15) is 0 Å². The fourth-order valence-electron chi connectivity index (χ4n) is 2.01. The molecule has 4 nitrogen and oxygen atoms in total. The molecule has 0 saturated carbocycles. The lowest BCUT2D eigenvalue weighted by Crippen LogP contribution is -2.29. The summed E-state index contributed by atoms with van der Waals surface area (Å²) < 4.78 is 36.5. The first-order valence-electron chi connectivity index (χ1n) is 7.27. The zero-order valence-electron chi connectivity index (χ0n) is 12.9. The highest BCUT2D eigenvalue weighted by Crippen LogP contribution is 2.20. The van der Waals surface area contributed by atoms with Gasteiger partial charge in [-0.05, 0) is 42.3 Å². The average Bonchev–Trinajstić information content (AvgIpc) is 2.55. The van der Waals surface area contributed by atoms with Crippen molar-refractivity contribution in [1.29, 1.82) is 0 Å². The van der Waals surface area contributed by atoms with Gasteiger partial charge in [0.15, 0.2) is 0 Å². The summed E-state index contributed by atoms with van der Waals surface area (Å²) in [6.07, 6.45) is -4.28. The highest BCUT2D eigenvalue weighted by molar-refractivity contribution is 6.31. The number of halogens is 4. The maximum absolute atomic E-state index is 12.2. The van der Waals surface area contributed by atoms with Gasteiger partial charge in [-0.3, -0.25) is 9.59 Å². The van der Waals surface area contributed by atoms with Crippen molar-refractivity contribution >= 4 is 34.8 Å². The second-order valence-electron chi connectivity index (χ2n) is 5.17. The van der Waals surface area contributed by atoms with Gasteiger partial charge < -0.3 is 10.6 Å². The fraction of sp³-hybridized carbons (Fsp3) is 0.176. The number of hydrogen-bond acceptors (Lipinski definition) is 2. The molecule has 2 aromatic rings. The Morgan fingerprint density at radius 2 is 1.48 bits per heavy atom. The van der Waals surface area contributed by atoms with Gasteiger partial charge in [-0.25, -0.2) is 0 Å². The lowest BCUT2D eigenvalue weighted by atomic mass is 10.1. The topological polar surface area (TPSA) is 58.2 Å². The van der Waals surface area contributed by atoms with E-state index in [1.165, 1.54) is 24.3 Å². The lowest BCUT2D eigenvalue weighted by molar-refractivity contribution is -0.167. The van der Waals surface area contributed by atoms with Crippen molar-refractivity contribution in [3.8, 4) is 0 Å². The third kappa shape index (κ3) is 5.79. The molecule has 2 amide bonds. The number of amides is 2. The molecule has 25 heavy (non-hydrogen) atoms. The number of rotatable bonds is 5. The van der Waals surface area contributed by atoms with Crippen LogP contribution in [0.15, 0.2) is 48.5 Å². The van der Waals surface area contributed by atoms with Gasteiger partial charge in [0, 0.05) is 22.8 Å². The number of aryl methyl sites for hydroxylation is 1. The highest BCUT2D eigenvalue weighted by Gasteiger charge is 2.38. The lowest BCUT2D eigenvalue weighted by Gasteiger charge is -2.09. The van der Waals surface area contributed by atoms with Crippen molar-refractivity contribution in [2.75, 3.05) is 10.6 Å². The van der Waals surface area contributed by atoms with Crippen LogP contribution in [-0.2, 0) is 16.0 Å². The Morgan fingerprint density at radius 1 is 0.920 bits per heavy atom. The average molecular weight is 371 g/mol. The molecule has 0 atom stereocenters. The van der Waals surface area contributed by atoms with E-state index in [0.717, 1.165) is 5.56 Å². The van der Waals surface area contributed by atoms with Crippen LogP contribution >= 0.6 is 11.6 Å². The summed E-state index contributed by atoms with van der Waals surface area (Å²) >= 11 is 6.01. The molecule has 2 rings (SSSR count). The maximum atomic E-state index is 12.2. The molecular weight excluding hydrogens is 357 g/mol. The van der Waals surface area contributed by atoms with Crippen LogP contribution in [0, 0.1) is 0 Å². The summed E-state index contributed by atoms with van der Waals surface area (Å²) in [6, 6.07) is 12.5. The molecule has 0 fully saturated rings. The van der Waals surface area contributed by atoms with Crippen LogP contribution in [0.5, 0.6) is 0 Å². The fourth-order valence-corrected chi connectivity index (χ4v) is 2.24. The van der Waals surface area contributed by atoms with Gasteiger partial charge in [0.25, 0.3) is 0 Å². The van der Waals surface area contributed by atoms with Crippen LogP contribution in [0.4, 0.5) is 24.5 Å². The summed E-state index contributed by atoms with van der Waals surface area (Å²) in [5, 5.41) is 4.93. The van der Waals surface area contributed by atoms with E-state index in [4.69, 9.17) is 11.6 Å². The number of benzene rings is 2. The molecule has 2 N–H and O–H groups in total. The summed E-state index contributed by atoms with van der Waals surface area (Å²) in [5.41, 5.74) is 1.25. The molecule has 8 heteroatoms. The molecule has 2 aromatic carbocycles. The zero-order valence-corrected chi connectivity index (χ0v) is 13.6. The van der Waals surface area contributed by atoms with E-state index in [2.05, 4.69) is 5.32 Å². The predicted molar refractivity (Wildman–Crippen MR) is 89.5 cm³/mol. The van der Waals surface area contributed by atoms with Crippen LogP contribution in [-0.4, -0.2) is 18.0 Å². The smallest absolute Gasteiger partial charge is 0.326 e. The van der Waals surface area contributed by atoms with Crippen molar-refractivity contribution in [3.63, 3.8) is 0 Å². The molecule has 0 bridgehead atoms. The number of alkyl halides is 3. The van der Waals surface area contributed by atoms with E-state index in [0.29, 0.717) is 17.1 Å². The maximum Gasteiger partial charge on any atom is 0.471 e. The molecule has 0 aliphatic rings. The van der Waals surface area contributed by atoms with Gasteiger partial charge in [-0.2, -0.15) is 13.2 Å². The van der Waals surface area contributed by atoms with Crippen LogP contribution < -0.4 is 10.6 Å². The summed E-state index contributed by atoms with van der Waals surface area (Å²) in [6.45, 7) is 0. The van der Waals surface area contributed by atoms with Crippen molar-refractivity contribution < 1.29 is 22.8 Å². The highest BCUT2D eigenvalue weighted by atomic mass is 35.5. The van der Waals surface area contributed by atoms with Crippen molar-refractivity contribution in [2.24, 2.45) is 0 Å². The van der Waals surface area contributed by atoms with Crippen LogP contribution in [0.3, 0.4) is 0 Å². The van der Waals surface area contributed by atoms with Gasteiger partial charge in [0.05, 0.1) is 0 Å². The van der Waals surface area contributed by atoms with E-state index in [-0.39, 0.29) is 18.0 Å². The number of nitrogens with one attached hydrogen (secondary N) is 2. The molecular formula is C17H14ClF3N2O2. The van der Waals surface area contributed by atoms with E-state index >= 15 is 0 Å². The largest absolute Gasteiger partial charge is 0.471 e. The normalized spacial score (nSPS) is 11.0. The SMILES string of the molecule is O=C(CCc1ccccc1Cl)Nc1ccc(NC(=O)C(F)(F)F)cc1. The minimum absolute atomic E-state index is 0.0172. The zero-order chi connectivity index (χ0) is 18.4. The first-order valence-corrected chi connectivity index (χ1v) is 7.65. The van der Waals surface area contributed by atoms with Gasteiger partial charge in [0.2, 0.25) is 5.91 Å². The molecule has 0 radical (unpaired) electrons. The number of carbonyl (C=O) groups is 2. The molecule has 0 aliphatic heterocycles. The van der Waals surface area contributed by atoms with Crippen LogP contribution in [0.2, 0.25) is 5.02 Å². The number of anilines is 2. The van der Waals surface area contributed by atoms with Gasteiger partial charge >= 0.3 is 12.1 Å². The molecule has 0 aromatic heterocycles. The number of hydrogen-bond donors (Lipinski definition) is 2. The van der Waals surface area contributed by atoms with Crippen LogP contribution in [0.25, 0.3) is 0 Å². The standard InChI is InChI=1S/C17H14ClF3N2O2/c18-14-4-2-1-3-11(14)5-10-15(24)22-12-6-8-13(9-7-12)23-16(25)17(19,20)21/h1-4,6-9H,5,10H2,(H,22,24)(H,23,25). The Labute approximate surface area is 147 Å². The summed E-state index contributed by atoms with van der Waals surface area (Å²) in [4.78, 5) is 22.7. The second kappa shape index (κ2) is 8.02. The van der Waals surface area contributed by atoms with E-state index < -0.39 is 12.1 Å². The van der Waals surface area contributed by atoms with Gasteiger partial charge in [-0.1, -0.05) is 29.8 Å². The summed E-state index contributed by atoms with van der Waals surface area (Å²) in [5.74, 6) is -2.31. The Kier molecular flexibility index (Phi) is 6.03.